The average Bonchev–Trinajstić information content (AvgIpc) is 2.33. The van der Waals surface area contributed by atoms with Crippen molar-refractivity contribution in [3.05, 3.63) is 23.3 Å². The van der Waals surface area contributed by atoms with Crippen molar-refractivity contribution in [1.29, 1.82) is 0 Å². The van der Waals surface area contributed by atoms with Crippen LogP contribution in [-0.4, -0.2) is 30.2 Å². The van der Waals surface area contributed by atoms with E-state index in [0.29, 0.717) is 11.3 Å². The van der Waals surface area contributed by atoms with Crippen molar-refractivity contribution < 1.29 is 17.8 Å². The van der Waals surface area contributed by atoms with E-state index < -0.39 is 26.3 Å². The van der Waals surface area contributed by atoms with Crippen LogP contribution in [-0.2, 0) is 21.0 Å². The van der Waals surface area contributed by atoms with Gasteiger partial charge in [0.15, 0.2) is 14.7 Å². The fourth-order valence-electron chi connectivity index (χ4n) is 1.73. The van der Waals surface area contributed by atoms with Crippen molar-refractivity contribution >= 4 is 37.9 Å². The van der Waals surface area contributed by atoms with E-state index in [0.717, 1.165) is 19.1 Å². The number of aryl methyl sites for hydroxylation is 1. The molecule has 1 aromatic rings. The number of rotatable bonds is 6. The summed E-state index contributed by atoms with van der Waals surface area (Å²) in [5.74, 6) is 0.395. The van der Waals surface area contributed by atoms with Crippen molar-refractivity contribution in [3.8, 4) is 0 Å². The number of hydrogen-bond acceptors (Lipinski definition) is 4. The lowest BCUT2D eigenvalue weighted by Gasteiger charge is -2.15. The molecule has 0 heterocycles. The summed E-state index contributed by atoms with van der Waals surface area (Å²) in [7, 11) is -3.58. The molecule has 0 aliphatic heterocycles. The van der Waals surface area contributed by atoms with Crippen LogP contribution in [0.3, 0.4) is 0 Å². The molecule has 0 radical (unpaired) electrons. The lowest BCUT2D eigenvalue weighted by molar-refractivity contribution is 0.108. The first-order valence-corrected chi connectivity index (χ1v) is 9.70. The van der Waals surface area contributed by atoms with Gasteiger partial charge in [-0.1, -0.05) is 13.3 Å². The van der Waals surface area contributed by atoms with Gasteiger partial charge in [0.25, 0.3) is 5.24 Å². The molecule has 0 aliphatic rings. The Morgan fingerprint density at radius 2 is 2.00 bits per heavy atom. The predicted octanol–water partition coefficient (Wildman–Crippen LogP) is 2.69. The van der Waals surface area contributed by atoms with Gasteiger partial charge in [0, 0.05) is 11.8 Å². The zero-order valence-electron chi connectivity index (χ0n) is 11.6. The van der Waals surface area contributed by atoms with Gasteiger partial charge in [-0.15, -0.1) is 0 Å². The Morgan fingerprint density at radius 3 is 2.45 bits per heavy atom. The summed E-state index contributed by atoms with van der Waals surface area (Å²) in [5, 5.41) is -0.724. The molecule has 0 N–H and O–H groups in total. The minimum absolute atomic E-state index is 0.0819. The lowest BCUT2D eigenvalue weighted by Crippen LogP contribution is -2.14. The first-order chi connectivity index (χ1) is 9.18. The molecule has 0 aromatic heterocycles. The minimum atomic E-state index is -3.58. The van der Waals surface area contributed by atoms with E-state index in [1.807, 2.05) is 6.92 Å². The van der Waals surface area contributed by atoms with Gasteiger partial charge < -0.3 is 4.55 Å². The molecular weight excluding hydrogens is 320 g/mol. The van der Waals surface area contributed by atoms with E-state index in [1.165, 1.54) is 12.1 Å². The zero-order valence-corrected chi connectivity index (χ0v) is 14.0. The molecule has 0 fully saturated rings. The molecule has 0 aliphatic carbocycles. The van der Waals surface area contributed by atoms with Crippen LogP contribution in [0.25, 0.3) is 0 Å². The molecule has 4 nitrogen and oxygen atoms in total. The van der Waals surface area contributed by atoms with E-state index >= 15 is 0 Å². The largest absolute Gasteiger partial charge is 0.611 e. The molecule has 1 aromatic carbocycles. The van der Waals surface area contributed by atoms with E-state index in [9.17, 15) is 17.8 Å². The summed E-state index contributed by atoms with van der Waals surface area (Å²) in [6, 6.07) is 2.71. The molecule has 7 heteroatoms. The zero-order chi connectivity index (χ0) is 15.5. The highest BCUT2D eigenvalue weighted by Gasteiger charge is 2.25. The second-order valence-corrected chi connectivity index (χ2v) is 8.43. The van der Waals surface area contributed by atoms with Crippen LogP contribution in [0, 0.1) is 6.92 Å². The Morgan fingerprint density at radius 1 is 1.40 bits per heavy atom. The maximum atomic E-state index is 12.2. The highest BCUT2D eigenvalue weighted by atomic mass is 35.5. The maximum Gasteiger partial charge on any atom is 0.252 e. The molecule has 20 heavy (non-hydrogen) atoms. The maximum absolute atomic E-state index is 12.2. The third-order valence-electron chi connectivity index (χ3n) is 2.83. The Balaban J connectivity index is 3.43. The fraction of sp³-hybridized carbons (Fsp3) is 0.462. The van der Waals surface area contributed by atoms with E-state index in [4.69, 9.17) is 11.6 Å². The van der Waals surface area contributed by atoms with Gasteiger partial charge in [-0.2, -0.15) is 0 Å². The van der Waals surface area contributed by atoms with Crippen LogP contribution in [0.15, 0.2) is 21.9 Å². The van der Waals surface area contributed by atoms with Gasteiger partial charge in [-0.3, -0.25) is 4.79 Å². The van der Waals surface area contributed by atoms with Crippen molar-refractivity contribution in [2.24, 2.45) is 0 Å². The quantitative estimate of drug-likeness (QED) is 0.591. The Hall–Kier alpha value is -0.560. The van der Waals surface area contributed by atoms with Crippen LogP contribution < -0.4 is 0 Å². The third-order valence-corrected chi connectivity index (χ3v) is 5.79. The molecule has 1 rings (SSSR count). The molecule has 1 unspecified atom stereocenters. The van der Waals surface area contributed by atoms with Gasteiger partial charge in [0.2, 0.25) is 0 Å². The Labute approximate surface area is 127 Å². The van der Waals surface area contributed by atoms with Crippen LogP contribution in [0.2, 0.25) is 0 Å². The van der Waals surface area contributed by atoms with Crippen LogP contribution >= 0.6 is 11.6 Å². The standard InChI is InChI=1S/C13H17ClO4S2/c1-4-5-6-19(16)11-7-9(2)10(13(14)15)8-12(11)20(3,17)18/h7-8H,4-6H2,1-3H3. The summed E-state index contributed by atoms with van der Waals surface area (Å²) in [5.41, 5.74) is 0.653. The summed E-state index contributed by atoms with van der Waals surface area (Å²) < 4.78 is 35.9. The molecule has 1 atom stereocenters. The molecule has 0 saturated carbocycles. The number of halogens is 1. The summed E-state index contributed by atoms with van der Waals surface area (Å²) >= 11 is 4.03. The third kappa shape index (κ3) is 4.22. The number of unbranched alkanes of at least 4 members (excludes halogenated alkanes) is 1. The normalized spacial score (nSPS) is 13.2. The summed E-state index contributed by atoms with van der Waals surface area (Å²) in [6.07, 6.45) is 2.64. The van der Waals surface area contributed by atoms with Gasteiger partial charge >= 0.3 is 0 Å². The Kier molecular flexibility index (Phi) is 6.06. The average molecular weight is 337 g/mol. The highest BCUT2D eigenvalue weighted by Crippen LogP contribution is 2.27. The molecule has 0 saturated heterocycles. The van der Waals surface area contributed by atoms with Gasteiger partial charge in [-0.25, -0.2) is 8.42 Å². The molecule has 0 bridgehead atoms. The second kappa shape index (κ2) is 6.93. The van der Waals surface area contributed by atoms with Crippen molar-refractivity contribution in [2.45, 2.75) is 36.5 Å². The van der Waals surface area contributed by atoms with Gasteiger partial charge in [-0.05, 0) is 53.8 Å². The van der Waals surface area contributed by atoms with Crippen LogP contribution in [0.4, 0.5) is 0 Å². The van der Waals surface area contributed by atoms with Crippen LogP contribution in [0.5, 0.6) is 0 Å². The highest BCUT2D eigenvalue weighted by molar-refractivity contribution is 7.94. The number of hydrogen-bond donors (Lipinski definition) is 0. The molecular formula is C13H17ClO4S2. The summed E-state index contributed by atoms with van der Waals surface area (Å²) in [6.45, 7) is 3.61. The summed E-state index contributed by atoms with van der Waals surface area (Å²) in [4.78, 5) is 11.5. The first-order valence-electron chi connectivity index (χ1n) is 6.11. The van der Waals surface area contributed by atoms with Crippen molar-refractivity contribution in [1.82, 2.24) is 0 Å². The minimum Gasteiger partial charge on any atom is -0.611 e. The van der Waals surface area contributed by atoms with E-state index in [-0.39, 0.29) is 15.4 Å². The SMILES string of the molecule is CCCC[S+]([O-])c1cc(C)c(C(=O)Cl)cc1S(C)(=O)=O. The second-order valence-electron chi connectivity index (χ2n) is 4.56. The first kappa shape index (κ1) is 17.5. The Bertz CT molecular complexity index is 611. The molecule has 0 spiro atoms. The monoisotopic (exact) mass is 336 g/mol. The van der Waals surface area contributed by atoms with E-state index in [2.05, 4.69) is 0 Å². The van der Waals surface area contributed by atoms with E-state index in [1.54, 1.807) is 6.92 Å². The number of benzene rings is 1. The number of carbonyl (C=O) groups is 1. The smallest absolute Gasteiger partial charge is 0.252 e. The predicted molar refractivity (Wildman–Crippen MR) is 80.7 cm³/mol. The number of carbonyl (C=O) groups excluding carboxylic acids is 1. The molecule has 112 valence electrons. The van der Waals surface area contributed by atoms with Gasteiger partial charge in [0.1, 0.15) is 10.6 Å². The number of sulfone groups is 1. The topological polar surface area (TPSA) is 74.3 Å². The van der Waals surface area contributed by atoms with Crippen molar-refractivity contribution in [3.63, 3.8) is 0 Å². The fourth-order valence-corrected chi connectivity index (χ4v) is 4.78. The lowest BCUT2D eigenvalue weighted by atomic mass is 10.1. The van der Waals surface area contributed by atoms with Crippen LogP contribution in [0.1, 0.15) is 35.7 Å². The molecule has 0 amide bonds. The van der Waals surface area contributed by atoms with Crippen molar-refractivity contribution in [2.75, 3.05) is 12.0 Å². The van der Waals surface area contributed by atoms with Gasteiger partial charge in [0.05, 0.1) is 0 Å².